The Morgan fingerprint density at radius 2 is 1.76 bits per heavy atom. The molecular weight excluding hydrogens is 467 g/mol. The molecule has 0 radical (unpaired) electrons. The predicted octanol–water partition coefficient (Wildman–Crippen LogP) is 4.90. The van der Waals surface area contributed by atoms with Crippen LogP contribution in [0.15, 0.2) is 40.6 Å². The minimum atomic E-state index is -3.72. The van der Waals surface area contributed by atoms with Crippen LogP contribution < -0.4 is 15.5 Å². The van der Waals surface area contributed by atoms with Gasteiger partial charge in [0, 0.05) is 45.5 Å². The molecule has 1 amide bonds. The molecule has 0 saturated heterocycles. The maximum atomic E-state index is 12.9. The minimum absolute atomic E-state index is 0.174. The van der Waals surface area contributed by atoms with Crippen LogP contribution in [0.2, 0.25) is 0 Å². The molecule has 0 aromatic heterocycles. The van der Waals surface area contributed by atoms with Gasteiger partial charge in [-0.2, -0.15) is 0 Å². The van der Waals surface area contributed by atoms with Crippen LogP contribution in [0.3, 0.4) is 0 Å². The van der Waals surface area contributed by atoms with Gasteiger partial charge in [0.25, 0.3) is 5.69 Å². The lowest BCUT2D eigenvalue weighted by molar-refractivity contribution is -0.393. The van der Waals surface area contributed by atoms with Crippen molar-refractivity contribution in [3.8, 4) is 0 Å². The Morgan fingerprint density at radius 3 is 2.26 bits per heavy atom. The van der Waals surface area contributed by atoms with Crippen LogP contribution in [-0.4, -0.2) is 42.6 Å². The summed E-state index contributed by atoms with van der Waals surface area (Å²) in [5.41, 5.74) is -0.543. The average Bonchev–Trinajstić information content (AvgIpc) is 2.78. The summed E-state index contributed by atoms with van der Waals surface area (Å²) in [6.45, 7) is 7.87. The van der Waals surface area contributed by atoms with Crippen molar-refractivity contribution in [1.82, 2.24) is 0 Å². The van der Waals surface area contributed by atoms with Crippen molar-refractivity contribution in [2.24, 2.45) is 10.2 Å². The van der Waals surface area contributed by atoms with Gasteiger partial charge in [-0.3, -0.25) is 29.6 Å². The number of nitrogens with zero attached hydrogens (tertiary/aromatic N) is 5. The maximum absolute atomic E-state index is 12.9. The number of nitrogens with one attached hydrogen (secondary N) is 1. The van der Waals surface area contributed by atoms with E-state index in [9.17, 15) is 29.6 Å². The number of hydrogen-bond donors (Lipinski definition) is 1. The molecule has 0 heterocycles. The second-order valence-electron chi connectivity index (χ2n) is 7.13. The molecule has 34 heavy (non-hydrogen) atoms. The molecule has 0 spiro atoms. The van der Waals surface area contributed by atoms with Crippen molar-refractivity contribution < 1.29 is 23.7 Å². The van der Waals surface area contributed by atoms with E-state index in [0.29, 0.717) is 11.8 Å². The van der Waals surface area contributed by atoms with Crippen molar-refractivity contribution in [2.75, 3.05) is 37.1 Å². The van der Waals surface area contributed by atoms with Crippen molar-refractivity contribution in [3.05, 3.63) is 50.6 Å². The minimum Gasteiger partial charge on any atom is -0.372 e. The highest BCUT2D eigenvalue weighted by molar-refractivity contribution is 7.66. The molecule has 2 aromatic rings. The number of rotatable bonds is 10. The van der Waals surface area contributed by atoms with Crippen molar-refractivity contribution in [3.63, 3.8) is 0 Å². The number of nitro benzene ring substituents is 2. The molecule has 13 nitrogen and oxygen atoms in total. The predicted molar refractivity (Wildman–Crippen MR) is 128 cm³/mol. The van der Waals surface area contributed by atoms with Crippen LogP contribution in [0.5, 0.6) is 0 Å². The van der Waals surface area contributed by atoms with Crippen molar-refractivity contribution in [1.29, 1.82) is 0 Å². The van der Waals surface area contributed by atoms with Gasteiger partial charge in [-0.05, 0) is 32.0 Å². The highest BCUT2D eigenvalue weighted by Gasteiger charge is 2.32. The molecule has 14 heteroatoms. The Balaban J connectivity index is 2.74. The summed E-state index contributed by atoms with van der Waals surface area (Å²) >= 11 is 0. The van der Waals surface area contributed by atoms with E-state index in [0.717, 1.165) is 38.6 Å². The Hall–Kier alpha value is -3.70. The van der Waals surface area contributed by atoms with Crippen molar-refractivity contribution >= 4 is 52.7 Å². The van der Waals surface area contributed by atoms with E-state index in [-0.39, 0.29) is 16.9 Å². The summed E-state index contributed by atoms with van der Waals surface area (Å²) in [6.07, 6.45) is 0. The fourth-order valence-electron chi connectivity index (χ4n) is 3.14. The maximum Gasteiger partial charge on any atom is 0.304 e. The standard InChI is InChI=1S/C20H25N6O7P/c1-6-24(7-2)14-8-9-16(17(10-14)21-13(3)27)22-23-20-18(26(30)31)11-15(25(28)29)12-19(20)34(5,32)33-4/h8-12H,6-7H2,1-5H3,(H,21,27). The van der Waals surface area contributed by atoms with E-state index < -0.39 is 34.3 Å². The summed E-state index contributed by atoms with van der Waals surface area (Å²) in [6, 6.07) is 6.64. The largest absolute Gasteiger partial charge is 0.372 e. The monoisotopic (exact) mass is 492 g/mol. The molecule has 0 fully saturated rings. The summed E-state index contributed by atoms with van der Waals surface area (Å²) in [5, 5.41) is 33.3. The van der Waals surface area contributed by atoms with Crippen LogP contribution in [-0.2, 0) is 13.9 Å². The molecule has 0 bridgehead atoms. The van der Waals surface area contributed by atoms with Crippen LogP contribution in [0.4, 0.5) is 34.1 Å². The van der Waals surface area contributed by atoms with Crippen LogP contribution in [0, 0.1) is 20.2 Å². The molecule has 0 aliphatic carbocycles. The Bertz CT molecular complexity index is 1200. The van der Waals surface area contributed by atoms with Gasteiger partial charge in [0.15, 0.2) is 5.69 Å². The Morgan fingerprint density at radius 1 is 1.12 bits per heavy atom. The average molecular weight is 492 g/mol. The topological polar surface area (TPSA) is 170 Å². The molecule has 0 aliphatic heterocycles. The summed E-state index contributed by atoms with van der Waals surface area (Å²) in [5.74, 6) is -0.368. The number of benzene rings is 2. The van der Waals surface area contributed by atoms with E-state index in [4.69, 9.17) is 4.52 Å². The Kier molecular flexibility index (Phi) is 8.55. The lowest BCUT2D eigenvalue weighted by atomic mass is 10.2. The van der Waals surface area contributed by atoms with Gasteiger partial charge in [0.05, 0.1) is 26.9 Å². The zero-order chi connectivity index (χ0) is 25.6. The molecule has 1 atom stereocenters. The molecule has 0 aliphatic rings. The smallest absolute Gasteiger partial charge is 0.304 e. The number of azo groups is 1. The van der Waals surface area contributed by atoms with Crippen LogP contribution >= 0.6 is 7.37 Å². The highest BCUT2D eigenvalue weighted by atomic mass is 31.2. The normalized spacial score (nSPS) is 12.9. The van der Waals surface area contributed by atoms with Gasteiger partial charge in [0.2, 0.25) is 13.3 Å². The second-order valence-corrected chi connectivity index (χ2v) is 9.67. The van der Waals surface area contributed by atoms with Crippen molar-refractivity contribution in [2.45, 2.75) is 20.8 Å². The first-order valence-electron chi connectivity index (χ1n) is 10.1. The molecule has 1 unspecified atom stereocenters. The first-order chi connectivity index (χ1) is 15.9. The first-order valence-corrected chi connectivity index (χ1v) is 12.2. The number of non-ortho nitro benzene ring substituents is 1. The second kappa shape index (κ2) is 10.9. The summed E-state index contributed by atoms with van der Waals surface area (Å²) in [4.78, 5) is 35.0. The van der Waals surface area contributed by atoms with Gasteiger partial charge in [-0.1, -0.05) is 0 Å². The molecular formula is C20H25N6O7P. The SMILES string of the molecule is CCN(CC)c1ccc(N=Nc2c([N+](=O)[O-])cc([N+](=O)[O-])cc2P(C)(=O)OC)c(NC(C)=O)c1. The van der Waals surface area contributed by atoms with E-state index in [1.54, 1.807) is 18.2 Å². The van der Waals surface area contributed by atoms with E-state index in [1.807, 2.05) is 18.7 Å². The third-order valence-corrected chi connectivity index (χ3v) is 6.84. The zero-order valence-corrected chi connectivity index (χ0v) is 20.2. The molecule has 0 saturated carbocycles. The van der Waals surface area contributed by atoms with E-state index >= 15 is 0 Å². The number of carbonyl (C=O) groups excluding carboxylic acids is 1. The zero-order valence-electron chi connectivity index (χ0n) is 19.3. The molecule has 182 valence electrons. The third-order valence-electron chi connectivity index (χ3n) is 4.93. The van der Waals surface area contributed by atoms with Crippen LogP contribution in [0.1, 0.15) is 20.8 Å². The van der Waals surface area contributed by atoms with Gasteiger partial charge >= 0.3 is 5.69 Å². The fraction of sp³-hybridized carbons (Fsp3) is 0.350. The number of anilines is 2. The summed E-state index contributed by atoms with van der Waals surface area (Å²) in [7, 11) is -2.60. The van der Waals surface area contributed by atoms with E-state index in [2.05, 4.69) is 15.5 Å². The van der Waals surface area contributed by atoms with Gasteiger partial charge in [-0.25, -0.2) is 0 Å². The number of carbonyl (C=O) groups is 1. The first kappa shape index (κ1) is 26.6. The van der Waals surface area contributed by atoms with Gasteiger partial charge < -0.3 is 14.7 Å². The quantitative estimate of drug-likeness (QED) is 0.211. The lowest BCUT2D eigenvalue weighted by Gasteiger charge is -2.22. The van der Waals surface area contributed by atoms with Gasteiger partial charge in [-0.15, -0.1) is 10.2 Å². The lowest BCUT2D eigenvalue weighted by Crippen LogP contribution is -2.21. The van der Waals surface area contributed by atoms with E-state index in [1.165, 1.54) is 6.92 Å². The number of amides is 1. The summed E-state index contributed by atoms with van der Waals surface area (Å²) < 4.78 is 17.9. The Labute approximate surface area is 195 Å². The molecule has 2 rings (SSSR count). The number of nitro groups is 2. The molecule has 1 N–H and O–H groups in total. The molecule has 2 aromatic carbocycles. The van der Waals surface area contributed by atoms with Gasteiger partial charge in [0.1, 0.15) is 5.69 Å². The third kappa shape index (κ3) is 6.00. The fourth-order valence-corrected chi connectivity index (χ4v) is 4.24. The highest BCUT2D eigenvalue weighted by Crippen LogP contribution is 2.47. The van der Waals surface area contributed by atoms with Crippen LogP contribution in [0.25, 0.3) is 0 Å². The number of hydrogen-bond acceptors (Lipinski definition) is 10.